The Morgan fingerprint density at radius 3 is 2.64 bits per heavy atom. The summed E-state index contributed by atoms with van der Waals surface area (Å²) in [7, 11) is 3.56. The van der Waals surface area contributed by atoms with Crippen LogP contribution in [0.2, 0.25) is 0 Å². The van der Waals surface area contributed by atoms with Crippen LogP contribution in [0.4, 0.5) is 17.3 Å². The number of fused-ring (bicyclic) bond motifs is 1. The van der Waals surface area contributed by atoms with E-state index in [1.807, 2.05) is 12.1 Å². The zero-order chi connectivity index (χ0) is 18.4. The van der Waals surface area contributed by atoms with E-state index < -0.39 is 0 Å². The second-order valence-electron chi connectivity index (χ2n) is 7.25. The number of nitrogens with one attached hydrogen (secondary N) is 1. The van der Waals surface area contributed by atoms with E-state index in [-0.39, 0.29) is 22.1 Å². The lowest BCUT2D eigenvalue weighted by atomic mass is 9.88. The summed E-state index contributed by atoms with van der Waals surface area (Å²) in [5.41, 5.74) is 2.21. The molecule has 0 bridgehead atoms. The van der Waals surface area contributed by atoms with Crippen LogP contribution in [0.5, 0.6) is 0 Å². The second kappa shape index (κ2) is 5.83. The van der Waals surface area contributed by atoms with Crippen molar-refractivity contribution < 1.29 is 4.92 Å². The first kappa shape index (κ1) is 16.9. The highest BCUT2D eigenvalue weighted by atomic mass is 16.6. The van der Waals surface area contributed by atoms with E-state index >= 15 is 0 Å². The van der Waals surface area contributed by atoms with Crippen molar-refractivity contribution in [3.63, 3.8) is 0 Å². The average Bonchev–Trinajstić information content (AvgIpc) is 3.00. The first-order valence-electron chi connectivity index (χ1n) is 7.91. The molecule has 1 aliphatic heterocycles. The third-order valence-electron chi connectivity index (χ3n) is 4.15. The van der Waals surface area contributed by atoms with E-state index in [9.17, 15) is 10.1 Å². The number of rotatable bonds is 3. The number of hydrogen-bond acceptors (Lipinski definition) is 7. The number of hydrogen-bond donors (Lipinski definition) is 1. The molecule has 1 aromatic carbocycles. The van der Waals surface area contributed by atoms with Gasteiger partial charge in [-0.25, -0.2) is 0 Å². The second-order valence-corrected chi connectivity index (χ2v) is 7.25. The van der Waals surface area contributed by atoms with Crippen LogP contribution >= 0.6 is 0 Å². The molecule has 2 heterocycles. The molecule has 0 spiro atoms. The molecule has 1 N–H and O–H groups in total. The number of tetrazole rings is 1. The van der Waals surface area contributed by atoms with Crippen molar-refractivity contribution in [2.75, 3.05) is 24.3 Å². The van der Waals surface area contributed by atoms with Crippen LogP contribution in [0.3, 0.4) is 0 Å². The summed E-state index contributed by atoms with van der Waals surface area (Å²) < 4.78 is 1.63. The maximum atomic E-state index is 11.5. The molecule has 0 saturated heterocycles. The van der Waals surface area contributed by atoms with Gasteiger partial charge in [-0.1, -0.05) is 31.9 Å². The summed E-state index contributed by atoms with van der Waals surface area (Å²) in [5.74, 6) is 0.525. The fourth-order valence-electron chi connectivity index (χ4n) is 2.78. The predicted octanol–water partition coefficient (Wildman–Crippen LogP) is 2.59. The normalized spacial score (nSPS) is 16.7. The largest absolute Gasteiger partial charge is 0.372 e. The molecule has 1 atom stereocenters. The molecule has 0 unspecified atom stereocenters. The zero-order valence-electron chi connectivity index (χ0n) is 14.9. The molecule has 1 aromatic heterocycles. The number of anilines is 2. The maximum Gasteiger partial charge on any atom is 0.292 e. The minimum atomic E-state index is -0.366. The fraction of sp³-hybridized carbons (Fsp3) is 0.438. The standard InChI is InChI=1S/C16H21N7O2/c1-16(2,3)14-9-12(22-15(17-14)18-19-20-22)10-6-7-11(21(4)5)13(8-10)23(24)25/h6-9,12H,1-5H3,(H,17,18,20)/t12-/m1/s1. The molecule has 0 aliphatic carbocycles. The maximum absolute atomic E-state index is 11.5. The Bertz CT molecular complexity index is 848. The van der Waals surface area contributed by atoms with Crippen molar-refractivity contribution in [1.82, 2.24) is 20.2 Å². The van der Waals surface area contributed by atoms with Crippen LogP contribution in [0, 0.1) is 15.5 Å². The van der Waals surface area contributed by atoms with Gasteiger partial charge in [-0.15, -0.1) is 0 Å². The number of benzene rings is 1. The van der Waals surface area contributed by atoms with Gasteiger partial charge in [-0.2, -0.15) is 4.68 Å². The highest BCUT2D eigenvalue weighted by Gasteiger charge is 2.30. The van der Waals surface area contributed by atoms with Gasteiger partial charge in [0.05, 0.1) is 4.92 Å². The zero-order valence-corrected chi connectivity index (χ0v) is 14.9. The lowest BCUT2D eigenvalue weighted by Gasteiger charge is -2.30. The molecule has 2 aromatic rings. The summed E-state index contributed by atoms with van der Waals surface area (Å²) in [6.45, 7) is 6.25. The minimum Gasteiger partial charge on any atom is -0.372 e. The van der Waals surface area contributed by atoms with Gasteiger partial charge >= 0.3 is 0 Å². The summed E-state index contributed by atoms with van der Waals surface area (Å²) >= 11 is 0. The van der Waals surface area contributed by atoms with Gasteiger partial charge in [0, 0.05) is 31.3 Å². The Morgan fingerprint density at radius 2 is 2.04 bits per heavy atom. The van der Waals surface area contributed by atoms with Gasteiger partial charge < -0.3 is 10.2 Å². The van der Waals surface area contributed by atoms with Gasteiger partial charge in [0.15, 0.2) is 0 Å². The topological polar surface area (TPSA) is 102 Å². The number of nitrogens with zero attached hydrogens (tertiary/aromatic N) is 6. The number of nitro groups is 1. The molecular formula is C16H21N7O2. The van der Waals surface area contributed by atoms with E-state index in [4.69, 9.17) is 0 Å². The molecule has 132 valence electrons. The van der Waals surface area contributed by atoms with Crippen LogP contribution in [0.25, 0.3) is 0 Å². The van der Waals surface area contributed by atoms with Crippen LogP contribution in [0.1, 0.15) is 32.4 Å². The van der Waals surface area contributed by atoms with Gasteiger partial charge in [-0.3, -0.25) is 10.1 Å². The quantitative estimate of drug-likeness (QED) is 0.675. The Morgan fingerprint density at radius 1 is 1.32 bits per heavy atom. The van der Waals surface area contributed by atoms with Gasteiger partial charge in [-0.05, 0) is 28.1 Å². The smallest absolute Gasteiger partial charge is 0.292 e. The molecule has 9 heteroatoms. The van der Waals surface area contributed by atoms with E-state index in [1.54, 1.807) is 35.8 Å². The van der Waals surface area contributed by atoms with Gasteiger partial charge in [0.2, 0.25) is 5.95 Å². The third-order valence-corrected chi connectivity index (χ3v) is 4.15. The van der Waals surface area contributed by atoms with Crippen molar-refractivity contribution in [3.05, 3.63) is 45.6 Å². The predicted molar refractivity (Wildman–Crippen MR) is 94.5 cm³/mol. The van der Waals surface area contributed by atoms with Crippen molar-refractivity contribution >= 4 is 17.3 Å². The summed E-state index contributed by atoms with van der Waals surface area (Å²) in [6.07, 6.45) is 2.01. The summed E-state index contributed by atoms with van der Waals surface area (Å²) in [6, 6.07) is 4.91. The Labute approximate surface area is 145 Å². The SMILES string of the molecule is CN(C)c1ccc([C@H]2C=C(C(C)(C)C)Nc3nnnn32)cc1[N+](=O)[O-]. The van der Waals surface area contributed by atoms with Gasteiger partial charge in [0.25, 0.3) is 5.69 Å². The van der Waals surface area contributed by atoms with E-state index in [2.05, 4.69) is 41.6 Å². The lowest BCUT2D eigenvalue weighted by molar-refractivity contribution is -0.384. The highest BCUT2D eigenvalue weighted by Crippen LogP contribution is 2.37. The summed E-state index contributed by atoms with van der Waals surface area (Å²) in [5, 5.41) is 26.5. The molecule has 0 radical (unpaired) electrons. The molecular weight excluding hydrogens is 322 g/mol. The van der Waals surface area contributed by atoms with Crippen molar-refractivity contribution in [2.24, 2.45) is 5.41 Å². The van der Waals surface area contributed by atoms with Crippen molar-refractivity contribution in [1.29, 1.82) is 0 Å². The minimum absolute atomic E-state index is 0.0568. The monoisotopic (exact) mass is 343 g/mol. The molecule has 1 aliphatic rings. The number of allylic oxidation sites excluding steroid dienone is 2. The molecule has 3 rings (SSSR count). The fourth-order valence-corrected chi connectivity index (χ4v) is 2.78. The highest BCUT2D eigenvalue weighted by molar-refractivity contribution is 5.64. The first-order chi connectivity index (χ1) is 11.7. The van der Waals surface area contributed by atoms with Crippen LogP contribution in [-0.4, -0.2) is 39.2 Å². The Kier molecular flexibility index (Phi) is 3.94. The van der Waals surface area contributed by atoms with Crippen LogP contribution in [-0.2, 0) is 0 Å². The molecule has 9 nitrogen and oxygen atoms in total. The number of aromatic nitrogens is 4. The molecule has 0 amide bonds. The van der Waals surface area contributed by atoms with Crippen LogP contribution in [0.15, 0.2) is 30.0 Å². The first-order valence-corrected chi connectivity index (χ1v) is 7.91. The van der Waals surface area contributed by atoms with E-state index in [0.717, 1.165) is 11.3 Å². The van der Waals surface area contributed by atoms with Gasteiger partial charge in [0.1, 0.15) is 11.7 Å². The average molecular weight is 343 g/mol. The number of nitro benzene ring substituents is 1. The summed E-state index contributed by atoms with van der Waals surface area (Å²) in [4.78, 5) is 12.8. The molecule has 0 fully saturated rings. The Hall–Kier alpha value is -2.97. The van der Waals surface area contributed by atoms with Crippen molar-refractivity contribution in [3.8, 4) is 0 Å². The Balaban J connectivity index is 2.13. The van der Waals surface area contributed by atoms with Crippen LogP contribution < -0.4 is 10.2 Å². The molecule has 25 heavy (non-hydrogen) atoms. The van der Waals surface area contributed by atoms with E-state index in [1.165, 1.54) is 0 Å². The van der Waals surface area contributed by atoms with Crippen molar-refractivity contribution in [2.45, 2.75) is 26.8 Å². The van der Waals surface area contributed by atoms with E-state index in [0.29, 0.717) is 11.6 Å². The lowest BCUT2D eigenvalue weighted by Crippen LogP contribution is -2.27. The third kappa shape index (κ3) is 3.04. The molecule has 0 saturated carbocycles.